The van der Waals surface area contributed by atoms with Crippen molar-refractivity contribution in [2.45, 2.75) is 32.9 Å². The molecule has 0 saturated heterocycles. The van der Waals surface area contributed by atoms with E-state index in [1.165, 1.54) is 0 Å². The predicted octanol–water partition coefficient (Wildman–Crippen LogP) is 4.10. The number of fused-ring (bicyclic) bond motifs is 1. The molecular formula is C23H27N3O3. The van der Waals surface area contributed by atoms with E-state index in [0.29, 0.717) is 18.7 Å². The summed E-state index contributed by atoms with van der Waals surface area (Å²) in [5.74, 6) is 2.28. The van der Waals surface area contributed by atoms with Gasteiger partial charge in [-0.3, -0.25) is 4.79 Å². The number of rotatable bonds is 10. The Labute approximate surface area is 171 Å². The van der Waals surface area contributed by atoms with Gasteiger partial charge in [0.15, 0.2) is 0 Å². The number of aryl methyl sites for hydroxylation is 1. The smallest absolute Gasteiger partial charge is 0.246 e. The van der Waals surface area contributed by atoms with Gasteiger partial charge in [-0.1, -0.05) is 24.8 Å². The zero-order valence-electron chi connectivity index (χ0n) is 17.0. The highest BCUT2D eigenvalue weighted by Crippen LogP contribution is 2.20. The van der Waals surface area contributed by atoms with Crippen LogP contribution in [0.3, 0.4) is 0 Å². The zero-order valence-corrected chi connectivity index (χ0v) is 17.0. The van der Waals surface area contributed by atoms with Crippen LogP contribution in [0.25, 0.3) is 11.0 Å². The quantitative estimate of drug-likeness (QED) is 0.416. The molecule has 2 aromatic carbocycles. The Kier molecular flexibility index (Phi) is 6.89. The Hall–Kier alpha value is -3.28. The van der Waals surface area contributed by atoms with Crippen LogP contribution in [0.5, 0.6) is 11.5 Å². The first-order valence-corrected chi connectivity index (χ1v) is 9.73. The summed E-state index contributed by atoms with van der Waals surface area (Å²) in [6, 6.07) is 15.6. The third-order valence-corrected chi connectivity index (χ3v) is 4.61. The maximum Gasteiger partial charge on any atom is 0.246 e. The van der Waals surface area contributed by atoms with Gasteiger partial charge in [0.1, 0.15) is 17.3 Å². The van der Waals surface area contributed by atoms with Crippen molar-refractivity contribution < 1.29 is 14.3 Å². The summed E-state index contributed by atoms with van der Waals surface area (Å²) < 4.78 is 13.2. The van der Waals surface area contributed by atoms with E-state index in [2.05, 4.69) is 27.5 Å². The van der Waals surface area contributed by atoms with Gasteiger partial charge in [-0.05, 0) is 44.0 Å². The lowest BCUT2D eigenvalue weighted by Crippen LogP contribution is -2.25. The number of nitrogens with zero attached hydrogens (tertiary/aromatic N) is 2. The molecule has 1 amide bonds. The Morgan fingerprint density at radius 1 is 1.14 bits per heavy atom. The number of unbranched alkanes of at least 4 members (excludes halogenated alkanes) is 1. The Morgan fingerprint density at radius 3 is 2.72 bits per heavy atom. The Balaban J connectivity index is 1.58. The van der Waals surface area contributed by atoms with Crippen molar-refractivity contribution in [3.05, 3.63) is 66.5 Å². The van der Waals surface area contributed by atoms with E-state index in [1.807, 2.05) is 42.5 Å². The van der Waals surface area contributed by atoms with Gasteiger partial charge < -0.3 is 19.4 Å². The van der Waals surface area contributed by atoms with E-state index in [9.17, 15) is 4.79 Å². The molecule has 6 nitrogen and oxygen atoms in total. The van der Waals surface area contributed by atoms with Crippen molar-refractivity contribution in [2.75, 3.05) is 13.7 Å². The first-order valence-electron chi connectivity index (χ1n) is 9.73. The van der Waals surface area contributed by atoms with Crippen LogP contribution >= 0.6 is 0 Å². The number of ether oxygens (including phenoxy) is 2. The SMILES string of the molecule is C=C(C)C(=O)NCc1nc2ccccc2n1CCCCOc1cccc(OC)c1. The molecule has 6 heteroatoms. The lowest BCUT2D eigenvalue weighted by molar-refractivity contribution is -0.117. The van der Waals surface area contributed by atoms with E-state index in [1.54, 1.807) is 14.0 Å². The van der Waals surface area contributed by atoms with Gasteiger partial charge in [0, 0.05) is 18.2 Å². The van der Waals surface area contributed by atoms with Crippen molar-refractivity contribution in [3.8, 4) is 11.5 Å². The number of para-hydroxylation sites is 2. The minimum absolute atomic E-state index is 0.157. The minimum Gasteiger partial charge on any atom is -0.497 e. The Morgan fingerprint density at radius 2 is 1.93 bits per heavy atom. The van der Waals surface area contributed by atoms with Gasteiger partial charge in [0.2, 0.25) is 5.91 Å². The average molecular weight is 393 g/mol. The number of carbonyl (C=O) groups excluding carboxylic acids is 1. The van der Waals surface area contributed by atoms with Crippen LogP contribution in [0.1, 0.15) is 25.6 Å². The monoisotopic (exact) mass is 393 g/mol. The predicted molar refractivity (Wildman–Crippen MR) is 114 cm³/mol. The summed E-state index contributed by atoms with van der Waals surface area (Å²) in [5, 5.41) is 2.88. The molecule has 0 saturated carbocycles. The molecule has 0 aliphatic carbocycles. The fraction of sp³-hybridized carbons (Fsp3) is 0.304. The molecule has 0 fully saturated rings. The summed E-state index contributed by atoms with van der Waals surface area (Å²) in [6.07, 6.45) is 1.84. The summed E-state index contributed by atoms with van der Waals surface area (Å²) in [5.41, 5.74) is 2.49. The second-order valence-corrected chi connectivity index (χ2v) is 6.87. The minimum atomic E-state index is -0.157. The highest BCUT2D eigenvalue weighted by Gasteiger charge is 2.11. The van der Waals surface area contributed by atoms with Crippen molar-refractivity contribution in [3.63, 3.8) is 0 Å². The third kappa shape index (κ3) is 5.38. The molecule has 0 aliphatic heterocycles. The standard InChI is InChI=1S/C23H27N3O3/c1-17(2)23(27)24-16-22-25-20-11-4-5-12-21(20)26(22)13-6-7-14-29-19-10-8-9-18(15-19)28-3/h4-5,8-12,15H,1,6-7,13-14,16H2,2-3H3,(H,24,27). The summed E-state index contributed by atoms with van der Waals surface area (Å²) in [4.78, 5) is 16.5. The van der Waals surface area contributed by atoms with Gasteiger partial charge in [-0.25, -0.2) is 4.98 Å². The van der Waals surface area contributed by atoms with E-state index in [4.69, 9.17) is 9.47 Å². The second-order valence-electron chi connectivity index (χ2n) is 6.87. The van der Waals surface area contributed by atoms with Crippen molar-refractivity contribution >= 4 is 16.9 Å². The van der Waals surface area contributed by atoms with E-state index in [-0.39, 0.29) is 5.91 Å². The highest BCUT2D eigenvalue weighted by atomic mass is 16.5. The van der Waals surface area contributed by atoms with Crippen molar-refractivity contribution in [1.29, 1.82) is 0 Å². The molecule has 1 N–H and O–H groups in total. The van der Waals surface area contributed by atoms with E-state index < -0.39 is 0 Å². The fourth-order valence-electron chi connectivity index (χ4n) is 3.07. The molecular weight excluding hydrogens is 366 g/mol. The number of hydrogen-bond acceptors (Lipinski definition) is 4. The van der Waals surface area contributed by atoms with Crippen molar-refractivity contribution in [2.24, 2.45) is 0 Å². The number of nitrogens with one attached hydrogen (secondary N) is 1. The summed E-state index contributed by atoms with van der Waals surface area (Å²) in [6.45, 7) is 7.18. The Bertz CT molecular complexity index is 994. The summed E-state index contributed by atoms with van der Waals surface area (Å²) in [7, 11) is 1.64. The van der Waals surface area contributed by atoms with Gasteiger partial charge >= 0.3 is 0 Å². The number of carbonyl (C=O) groups is 1. The molecule has 29 heavy (non-hydrogen) atoms. The fourth-order valence-corrected chi connectivity index (χ4v) is 3.07. The number of imidazole rings is 1. The maximum atomic E-state index is 11.8. The van der Waals surface area contributed by atoms with Gasteiger partial charge in [0.05, 0.1) is 31.3 Å². The van der Waals surface area contributed by atoms with Crippen LogP contribution < -0.4 is 14.8 Å². The largest absolute Gasteiger partial charge is 0.497 e. The molecule has 0 bridgehead atoms. The average Bonchev–Trinajstić information content (AvgIpc) is 3.09. The van der Waals surface area contributed by atoms with Crippen LogP contribution in [-0.2, 0) is 17.9 Å². The molecule has 0 unspecified atom stereocenters. The molecule has 3 aromatic rings. The maximum absolute atomic E-state index is 11.8. The molecule has 3 rings (SSSR count). The topological polar surface area (TPSA) is 65.4 Å². The van der Waals surface area contributed by atoms with Crippen LogP contribution in [0.2, 0.25) is 0 Å². The zero-order chi connectivity index (χ0) is 20.6. The third-order valence-electron chi connectivity index (χ3n) is 4.61. The number of hydrogen-bond donors (Lipinski definition) is 1. The van der Waals surface area contributed by atoms with Crippen LogP contribution in [-0.4, -0.2) is 29.2 Å². The molecule has 0 aliphatic rings. The van der Waals surface area contributed by atoms with Crippen molar-refractivity contribution in [1.82, 2.24) is 14.9 Å². The number of aromatic nitrogens is 2. The van der Waals surface area contributed by atoms with Crippen LogP contribution in [0.4, 0.5) is 0 Å². The summed E-state index contributed by atoms with van der Waals surface area (Å²) >= 11 is 0. The molecule has 0 radical (unpaired) electrons. The lowest BCUT2D eigenvalue weighted by atomic mass is 10.3. The first-order chi connectivity index (χ1) is 14.1. The number of methoxy groups -OCH3 is 1. The number of benzene rings is 2. The molecule has 152 valence electrons. The molecule has 1 heterocycles. The highest BCUT2D eigenvalue weighted by molar-refractivity contribution is 5.92. The first kappa shape index (κ1) is 20.5. The molecule has 1 aromatic heterocycles. The van der Waals surface area contributed by atoms with Crippen LogP contribution in [0, 0.1) is 0 Å². The van der Waals surface area contributed by atoms with Gasteiger partial charge in [-0.15, -0.1) is 0 Å². The normalized spacial score (nSPS) is 10.7. The second kappa shape index (κ2) is 9.78. The molecule has 0 atom stereocenters. The lowest BCUT2D eigenvalue weighted by Gasteiger charge is -2.11. The van der Waals surface area contributed by atoms with Gasteiger partial charge in [-0.2, -0.15) is 0 Å². The van der Waals surface area contributed by atoms with Crippen LogP contribution in [0.15, 0.2) is 60.7 Å². The van der Waals surface area contributed by atoms with E-state index in [0.717, 1.165) is 47.7 Å². The number of amides is 1. The van der Waals surface area contributed by atoms with Gasteiger partial charge in [0.25, 0.3) is 0 Å². The molecule has 0 spiro atoms. The van der Waals surface area contributed by atoms with E-state index >= 15 is 0 Å².